The van der Waals surface area contributed by atoms with Crippen LogP contribution in [0.15, 0.2) is 114 Å². The van der Waals surface area contributed by atoms with Gasteiger partial charge in [0.05, 0.1) is 10.9 Å². The maximum absolute atomic E-state index is 13.4. The van der Waals surface area contributed by atoms with Gasteiger partial charge in [-0.25, -0.2) is 4.98 Å². The second-order valence-electron chi connectivity index (χ2n) is 10.1. The molecule has 1 unspecified atom stereocenters. The molecule has 0 bridgehead atoms. The van der Waals surface area contributed by atoms with Crippen LogP contribution in [0.3, 0.4) is 0 Å². The standard InChI is InChI=1S/C35H28Cl2N4O3S2/c1-21-31(23-9-5-3-6-10-23)40-35(46-21)41-32(42)22(2)45-28-17-15-27(16-18-28)38-34(44)30(19-25-13-14-26(36)20-29(25)37)39-33(43)24-11-7-4-8-12-24/h3-20,22H,1-2H3,(H,38,44)(H,39,43)(H,40,41,42)/b30-19-. The zero-order valence-corrected chi connectivity index (χ0v) is 27.9. The number of anilines is 2. The molecule has 3 N–H and O–H groups in total. The summed E-state index contributed by atoms with van der Waals surface area (Å²) in [4.78, 5) is 45.7. The predicted molar refractivity (Wildman–Crippen MR) is 190 cm³/mol. The molecule has 5 aromatic rings. The number of carbonyl (C=O) groups is 3. The number of aromatic nitrogens is 1. The predicted octanol–water partition coefficient (Wildman–Crippen LogP) is 8.95. The van der Waals surface area contributed by atoms with Gasteiger partial charge in [0, 0.05) is 36.6 Å². The van der Waals surface area contributed by atoms with E-state index in [1.165, 1.54) is 29.2 Å². The van der Waals surface area contributed by atoms with E-state index in [0.29, 0.717) is 32.0 Å². The van der Waals surface area contributed by atoms with E-state index in [0.717, 1.165) is 21.0 Å². The zero-order valence-electron chi connectivity index (χ0n) is 24.7. The van der Waals surface area contributed by atoms with Crippen molar-refractivity contribution in [2.24, 2.45) is 0 Å². The normalized spacial score (nSPS) is 11.9. The number of aryl methyl sites for hydroxylation is 1. The molecule has 0 saturated carbocycles. The molecule has 4 aromatic carbocycles. The maximum Gasteiger partial charge on any atom is 0.272 e. The topological polar surface area (TPSA) is 100 Å². The Morgan fingerprint density at radius 1 is 0.870 bits per heavy atom. The summed E-state index contributed by atoms with van der Waals surface area (Å²) in [6.07, 6.45) is 1.49. The first-order chi connectivity index (χ1) is 22.2. The fourth-order valence-electron chi connectivity index (χ4n) is 4.31. The van der Waals surface area contributed by atoms with Gasteiger partial charge in [0.1, 0.15) is 5.70 Å². The first-order valence-corrected chi connectivity index (χ1v) is 16.6. The third kappa shape index (κ3) is 8.64. The SMILES string of the molecule is Cc1sc(NC(=O)C(C)Sc2ccc(NC(=O)/C(=C/c3ccc(Cl)cc3Cl)NC(=O)c3ccccc3)cc2)nc1-c1ccccc1. The number of halogens is 2. The van der Waals surface area contributed by atoms with Crippen LogP contribution in [0.2, 0.25) is 10.0 Å². The Hall–Kier alpha value is -4.41. The van der Waals surface area contributed by atoms with Crippen LogP contribution < -0.4 is 16.0 Å². The Kier molecular flexibility index (Phi) is 10.9. The molecule has 5 rings (SSSR count). The van der Waals surface area contributed by atoms with Crippen molar-refractivity contribution in [2.45, 2.75) is 24.0 Å². The molecular formula is C35H28Cl2N4O3S2. The second-order valence-corrected chi connectivity index (χ2v) is 13.5. The number of rotatable bonds is 10. The van der Waals surface area contributed by atoms with Crippen molar-refractivity contribution in [3.8, 4) is 11.3 Å². The highest BCUT2D eigenvalue weighted by atomic mass is 35.5. The van der Waals surface area contributed by atoms with E-state index in [9.17, 15) is 14.4 Å². The highest BCUT2D eigenvalue weighted by Crippen LogP contribution is 2.32. The fourth-order valence-corrected chi connectivity index (χ4v) is 6.48. The van der Waals surface area contributed by atoms with Gasteiger partial charge in [-0.05, 0) is 74.0 Å². The van der Waals surface area contributed by atoms with Gasteiger partial charge in [-0.15, -0.1) is 23.1 Å². The van der Waals surface area contributed by atoms with Crippen LogP contribution in [-0.4, -0.2) is 28.0 Å². The fraction of sp³-hybridized carbons (Fsp3) is 0.0857. The van der Waals surface area contributed by atoms with Gasteiger partial charge in [0.2, 0.25) is 5.91 Å². The summed E-state index contributed by atoms with van der Waals surface area (Å²) in [5.74, 6) is -1.16. The minimum absolute atomic E-state index is 0.00494. The molecular weight excluding hydrogens is 659 g/mol. The zero-order chi connectivity index (χ0) is 32.6. The molecule has 7 nitrogen and oxygen atoms in total. The van der Waals surface area contributed by atoms with E-state index in [1.54, 1.807) is 60.7 Å². The van der Waals surface area contributed by atoms with Crippen LogP contribution in [0.4, 0.5) is 10.8 Å². The molecule has 1 heterocycles. The third-order valence-corrected chi connectivity index (χ3v) is 9.22. The van der Waals surface area contributed by atoms with Gasteiger partial charge in [-0.1, -0.05) is 77.8 Å². The average Bonchev–Trinajstić information content (AvgIpc) is 3.42. The number of hydrogen-bond acceptors (Lipinski definition) is 6. The van der Waals surface area contributed by atoms with Crippen molar-refractivity contribution < 1.29 is 14.4 Å². The lowest BCUT2D eigenvalue weighted by molar-refractivity contribution is -0.115. The van der Waals surface area contributed by atoms with Gasteiger partial charge in [-0.3, -0.25) is 14.4 Å². The first kappa shape index (κ1) is 33.0. The van der Waals surface area contributed by atoms with E-state index < -0.39 is 17.1 Å². The number of carbonyl (C=O) groups excluding carboxylic acids is 3. The number of benzene rings is 4. The number of nitrogens with zero attached hydrogens (tertiary/aromatic N) is 1. The molecule has 1 atom stereocenters. The Bertz CT molecular complexity index is 1900. The Labute approximate surface area is 285 Å². The second kappa shape index (κ2) is 15.2. The van der Waals surface area contributed by atoms with E-state index in [-0.39, 0.29) is 11.6 Å². The largest absolute Gasteiger partial charge is 0.321 e. The molecule has 0 aliphatic carbocycles. The van der Waals surface area contributed by atoms with Crippen LogP contribution in [0.5, 0.6) is 0 Å². The summed E-state index contributed by atoms with van der Waals surface area (Å²) in [5.41, 5.74) is 3.25. The molecule has 0 spiro atoms. The van der Waals surface area contributed by atoms with Crippen molar-refractivity contribution in [2.75, 3.05) is 10.6 Å². The summed E-state index contributed by atoms with van der Waals surface area (Å²) in [6, 6.07) is 30.4. The minimum Gasteiger partial charge on any atom is -0.321 e. The van der Waals surface area contributed by atoms with Crippen LogP contribution in [0.1, 0.15) is 27.7 Å². The van der Waals surface area contributed by atoms with Crippen LogP contribution in [0.25, 0.3) is 17.3 Å². The molecule has 0 saturated heterocycles. The summed E-state index contributed by atoms with van der Waals surface area (Å²) in [6.45, 7) is 3.81. The van der Waals surface area contributed by atoms with Crippen molar-refractivity contribution in [1.82, 2.24) is 10.3 Å². The monoisotopic (exact) mass is 686 g/mol. The van der Waals surface area contributed by atoms with Crippen molar-refractivity contribution in [1.29, 1.82) is 0 Å². The van der Waals surface area contributed by atoms with Gasteiger partial charge >= 0.3 is 0 Å². The van der Waals surface area contributed by atoms with Crippen molar-refractivity contribution in [3.05, 3.63) is 135 Å². The Morgan fingerprint density at radius 3 is 2.22 bits per heavy atom. The summed E-state index contributed by atoms with van der Waals surface area (Å²) >= 11 is 15.2. The van der Waals surface area contributed by atoms with Gasteiger partial charge in [0.25, 0.3) is 11.8 Å². The molecule has 46 heavy (non-hydrogen) atoms. The van der Waals surface area contributed by atoms with Gasteiger partial charge < -0.3 is 16.0 Å². The molecule has 232 valence electrons. The van der Waals surface area contributed by atoms with Crippen molar-refractivity contribution in [3.63, 3.8) is 0 Å². The first-order valence-electron chi connectivity index (χ1n) is 14.1. The molecule has 0 radical (unpaired) electrons. The lowest BCUT2D eigenvalue weighted by Gasteiger charge is -2.13. The van der Waals surface area contributed by atoms with Crippen LogP contribution in [-0.2, 0) is 9.59 Å². The molecule has 11 heteroatoms. The lowest BCUT2D eigenvalue weighted by Crippen LogP contribution is -2.30. The molecule has 0 aliphatic heterocycles. The smallest absolute Gasteiger partial charge is 0.272 e. The summed E-state index contributed by atoms with van der Waals surface area (Å²) < 4.78 is 0. The number of thiazole rings is 1. The number of nitrogens with one attached hydrogen (secondary N) is 3. The van der Waals surface area contributed by atoms with E-state index in [2.05, 4.69) is 20.9 Å². The Balaban J connectivity index is 1.24. The van der Waals surface area contributed by atoms with E-state index in [4.69, 9.17) is 23.2 Å². The third-order valence-electron chi connectivity index (χ3n) is 6.66. The highest BCUT2D eigenvalue weighted by Gasteiger charge is 2.19. The lowest BCUT2D eigenvalue weighted by atomic mass is 10.1. The number of amides is 3. The maximum atomic E-state index is 13.4. The van der Waals surface area contributed by atoms with E-state index in [1.807, 2.05) is 56.3 Å². The van der Waals surface area contributed by atoms with Gasteiger partial charge in [-0.2, -0.15) is 0 Å². The van der Waals surface area contributed by atoms with Gasteiger partial charge in [0.15, 0.2) is 5.13 Å². The molecule has 1 aromatic heterocycles. The molecule has 3 amide bonds. The summed E-state index contributed by atoms with van der Waals surface area (Å²) in [5, 5.41) is 9.36. The quantitative estimate of drug-likeness (QED) is 0.101. The average molecular weight is 688 g/mol. The van der Waals surface area contributed by atoms with E-state index >= 15 is 0 Å². The minimum atomic E-state index is -0.544. The molecule has 0 aliphatic rings. The number of thioether (sulfide) groups is 1. The van der Waals surface area contributed by atoms with Crippen LogP contribution in [0, 0.1) is 6.92 Å². The highest BCUT2D eigenvalue weighted by molar-refractivity contribution is 8.00. The van der Waals surface area contributed by atoms with Crippen LogP contribution >= 0.6 is 46.3 Å². The number of hydrogen-bond donors (Lipinski definition) is 3. The Morgan fingerprint density at radius 2 is 1.54 bits per heavy atom. The summed E-state index contributed by atoms with van der Waals surface area (Å²) in [7, 11) is 0. The van der Waals surface area contributed by atoms with Crippen molar-refractivity contribution >= 4 is 80.9 Å². The molecule has 0 fully saturated rings.